The fraction of sp³-hybridized carbons (Fsp3) is 1.00. The topological polar surface area (TPSA) is 15.3 Å². The molecule has 1 aliphatic carbocycles. The van der Waals surface area contributed by atoms with E-state index in [0.29, 0.717) is 0 Å². The van der Waals surface area contributed by atoms with Crippen molar-refractivity contribution in [3.63, 3.8) is 0 Å². The number of rotatable bonds is 7. The average Bonchev–Trinajstić information content (AvgIpc) is 2.71. The van der Waals surface area contributed by atoms with Gasteiger partial charge in [-0.3, -0.25) is 0 Å². The van der Waals surface area contributed by atoms with Crippen LogP contribution in [-0.2, 0) is 0 Å². The van der Waals surface area contributed by atoms with Gasteiger partial charge >= 0.3 is 0 Å². The molecule has 0 bridgehead atoms. The zero-order chi connectivity index (χ0) is 14.0. The highest BCUT2D eigenvalue weighted by atomic mass is 15.1. The molecule has 1 atom stereocenters. The van der Waals surface area contributed by atoms with Crippen LogP contribution in [0.5, 0.6) is 0 Å². The van der Waals surface area contributed by atoms with Crippen molar-refractivity contribution in [3.8, 4) is 0 Å². The fourth-order valence-corrected chi connectivity index (χ4v) is 4.06. The Labute approximate surface area is 126 Å². The molecule has 0 aromatic heterocycles. The van der Waals surface area contributed by atoms with Crippen LogP contribution in [0.1, 0.15) is 77.6 Å². The lowest BCUT2D eigenvalue weighted by atomic mass is 9.95. The summed E-state index contributed by atoms with van der Waals surface area (Å²) in [6.45, 7) is 7.59. The Kier molecular flexibility index (Phi) is 7.97. The molecule has 118 valence electrons. The molecule has 2 aliphatic rings. The van der Waals surface area contributed by atoms with E-state index < -0.39 is 0 Å². The Hall–Kier alpha value is -0.0800. The van der Waals surface area contributed by atoms with Gasteiger partial charge in [-0.2, -0.15) is 0 Å². The highest BCUT2D eigenvalue weighted by Gasteiger charge is 2.16. The van der Waals surface area contributed by atoms with Gasteiger partial charge < -0.3 is 10.2 Å². The molecule has 0 spiro atoms. The zero-order valence-corrected chi connectivity index (χ0v) is 13.7. The number of nitrogens with one attached hydrogen (secondary N) is 1. The van der Waals surface area contributed by atoms with Gasteiger partial charge in [0.1, 0.15) is 0 Å². The van der Waals surface area contributed by atoms with Crippen molar-refractivity contribution in [3.05, 3.63) is 0 Å². The van der Waals surface area contributed by atoms with Crippen molar-refractivity contribution in [2.75, 3.05) is 26.2 Å². The summed E-state index contributed by atoms with van der Waals surface area (Å²) in [5.41, 5.74) is 0. The van der Waals surface area contributed by atoms with Crippen LogP contribution in [0.15, 0.2) is 0 Å². The van der Waals surface area contributed by atoms with E-state index in [9.17, 15) is 0 Å². The summed E-state index contributed by atoms with van der Waals surface area (Å²) in [7, 11) is 0. The molecule has 20 heavy (non-hydrogen) atoms. The van der Waals surface area contributed by atoms with E-state index in [4.69, 9.17) is 0 Å². The number of likely N-dealkylation sites (tertiary alicyclic amines) is 1. The van der Waals surface area contributed by atoms with Gasteiger partial charge in [-0.25, -0.2) is 0 Å². The minimum absolute atomic E-state index is 0.835. The van der Waals surface area contributed by atoms with E-state index >= 15 is 0 Å². The Balaban J connectivity index is 1.52. The molecule has 1 N–H and O–H groups in total. The van der Waals surface area contributed by atoms with E-state index in [1.165, 1.54) is 96.8 Å². The van der Waals surface area contributed by atoms with Crippen LogP contribution in [0.3, 0.4) is 0 Å². The maximum atomic E-state index is 3.78. The molecular formula is C18H36N2. The van der Waals surface area contributed by atoms with Crippen LogP contribution in [0, 0.1) is 5.92 Å². The maximum absolute atomic E-state index is 3.78. The summed E-state index contributed by atoms with van der Waals surface area (Å²) in [5, 5.41) is 3.78. The van der Waals surface area contributed by atoms with Crippen LogP contribution in [0.2, 0.25) is 0 Å². The van der Waals surface area contributed by atoms with E-state index in [2.05, 4.69) is 17.1 Å². The largest absolute Gasteiger partial charge is 0.314 e. The molecule has 2 heteroatoms. The second-order valence-electron chi connectivity index (χ2n) is 7.07. The van der Waals surface area contributed by atoms with Crippen molar-refractivity contribution < 1.29 is 0 Å². The molecule has 2 nitrogen and oxygen atoms in total. The molecule has 2 fully saturated rings. The lowest BCUT2D eigenvalue weighted by molar-refractivity contribution is 0.269. The summed E-state index contributed by atoms with van der Waals surface area (Å²) in [4.78, 5) is 2.72. The number of hydrogen-bond donors (Lipinski definition) is 1. The van der Waals surface area contributed by atoms with Gasteiger partial charge in [0, 0.05) is 6.04 Å². The summed E-state index contributed by atoms with van der Waals surface area (Å²) in [5.74, 6) is 1.02. The molecular weight excluding hydrogens is 244 g/mol. The van der Waals surface area contributed by atoms with E-state index in [1.54, 1.807) is 0 Å². The maximum Gasteiger partial charge on any atom is 0.00670 e. The van der Waals surface area contributed by atoms with Gasteiger partial charge in [-0.1, -0.05) is 39.0 Å². The Bertz CT molecular complexity index is 236. The minimum Gasteiger partial charge on any atom is -0.314 e. The quantitative estimate of drug-likeness (QED) is 0.703. The van der Waals surface area contributed by atoms with Gasteiger partial charge in [-0.15, -0.1) is 0 Å². The first-order valence-electron chi connectivity index (χ1n) is 9.34. The summed E-state index contributed by atoms with van der Waals surface area (Å²) in [6, 6.07) is 0.835. The molecule has 1 saturated heterocycles. The summed E-state index contributed by atoms with van der Waals surface area (Å²) in [6.07, 6.45) is 15.7. The van der Waals surface area contributed by atoms with E-state index in [1.807, 2.05) is 0 Å². The lowest BCUT2D eigenvalue weighted by Gasteiger charge is -2.24. The third kappa shape index (κ3) is 6.13. The Morgan fingerprint density at radius 3 is 2.60 bits per heavy atom. The fourth-order valence-electron chi connectivity index (χ4n) is 4.06. The Morgan fingerprint density at radius 2 is 1.80 bits per heavy atom. The first-order chi connectivity index (χ1) is 9.88. The van der Waals surface area contributed by atoms with Gasteiger partial charge in [0.05, 0.1) is 0 Å². The third-order valence-electron chi connectivity index (χ3n) is 5.33. The number of nitrogens with zero attached hydrogens (tertiary/aromatic N) is 1. The summed E-state index contributed by atoms with van der Waals surface area (Å²) >= 11 is 0. The van der Waals surface area contributed by atoms with Gasteiger partial charge in [0.25, 0.3) is 0 Å². The van der Waals surface area contributed by atoms with Crippen LogP contribution in [0.4, 0.5) is 0 Å². The third-order valence-corrected chi connectivity index (χ3v) is 5.33. The van der Waals surface area contributed by atoms with Crippen molar-refractivity contribution >= 4 is 0 Å². The van der Waals surface area contributed by atoms with Gasteiger partial charge in [-0.05, 0) is 70.6 Å². The highest BCUT2D eigenvalue weighted by Crippen LogP contribution is 2.22. The number of hydrogen-bond acceptors (Lipinski definition) is 2. The molecule has 0 aromatic rings. The van der Waals surface area contributed by atoms with E-state index in [-0.39, 0.29) is 0 Å². The highest BCUT2D eigenvalue weighted by molar-refractivity contribution is 4.73. The molecule has 1 saturated carbocycles. The smallest absolute Gasteiger partial charge is 0.00670 e. The second kappa shape index (κ2) is 9.78. The molecule has 1 unspecified atom stereocenters. The molecule has 0 aromatic carbocycles. The van der Waals surface area contributed by atoms with Gasteiger partial charge in [0.15, 0.2) is 0 Å². The first kappa shape index (κ1) is 16.3. The first-order valence-corrected chi connectivity index (χ1v) is 9.34. The minimum atomic E-state index is 0.835. The van der Waals surface area contributed by atoms with Crippen molar-refractivity contribution in [2.24, 2.45) is 5.92 Å². The predicted octanol–water partition coefficient (Wildman–Crippen LogP) is 4.20. The second-order valence-corrected chi connectivity index (χ2v) is 7.07. The molecule has 1 heterocycles. The van der Waals surface area contributed by atoms with Crippen LogP contribution in [0.25, 0.3) is 0 Å². The average molecular weight is 280 g/mol. The van der Waals surface area contributed by atoms with Crippen LogP contribution < -0.4 is 5.32 Å². The van der Waals surface area contributed by atoms with Crippen molar-refractivity contribution in [2.45, 2.75) is 83.6 Å². The monoisotopic (exact) mass is 280 g/mol. The SMILES string of the molecule is CCCC1CCCN(CCCNC2CCCCC2)CC1. The predicted molar refractivity (Wildman–Crippen MR) is 88.2 cm³/mol. The Morgan fingerprint density at radius 1 is 0.950 bits per heavy atom. The van der Waals surface area contributed by atoms with Crippen LogP contribution in [-0.4, -0.2) is 37.1 Å². The van der Waals surface area contributed by atoms with Gasteiger partial charge in [0.2, 0.25) is 0 Å². The van der Waals surface area contributed by atoms with Crippen LogP contribution >= 0.6 is 0 Å². The molecule has 2 rings (SSSR count). The molecule has 0 amide bonds. The molecule has 0 radical (unpaired) electrons. The van der Waals surface area contributed by atoms with Crippen molar-refractivity contribution in [1.82, 2.24) is 10.2 Å². The van der Waals surface area contributed by atoms with E-state index in [0.717, 1.165) is 12.0 Å². The summed E-state index contributed by atoms with van der Waals surface area (Å²) < 4.78 is 0. The zero-order valence-electron chi connectivity index (χ0n) is 13.7. The normalized spacial score (nSPS) is 26.6. The van der Waals surface area contributed by atoms with Crippen molar-refractivity contribution in [1.29, 1.82) is 0 Å². The standard InChI is InChI=1S/C18H36N2/c1-2-8-17-9-6-14-20(16-12-17)15-7-13-19-18-10-4-3-5-11-18/h17-19H,2-16H2,1H3. The molecule has 1 aliphatic heterocycles. The lowest BCUT2D eigenvalue weighted by Crippen LogP contribution is -2.34.